The van der Waals surface area contributed by atoms with Gasteiger partial charge in [0.2, 0.25) is 0 Å². The molecule has 5 nitrogen and oxygen atoms in total. The fourth-order valence-electron chi connectivity index (χ4n) is 3.53. The fraction of sp³-hybridized carbons (Fsp3) is 0.308. The van der Waals surface area contributed by atoms with Gasteiger partial charge in [0.15, 0.2) is 0 Å². The molecule has 0 aliphatic rings. The zero-order chi connectivity index (χ0) is 21.9. The van der Waals surface area contributed by atoms with E-state index >= 15 is 0 Å². The van der Waals surface area contributed by atoms with Gasteiger partial charge in [-0.3, -0.25) is 0 Å². The molecule has 5 heteroatoms. The van der Waals surface area contributed by atoms with Crippen molar-refractivity contribution < 1.29 is 19.7 Å². The van der Waals surface area contributed by atoms with Crippen LogP contribution in [-0.2, 0) is 24.3 Å². The zero-order valence-corrected chi connectivity index (χ0v) is 17.9. The zero-order valence-electron chi connectivity index (χ0n) is 17.9. The minimum atomic E-state index is -1.00. The van der Waals surface area contributed by atoms with Crippen LogP contribution in [0.5, 0.6) is 5.75 Å². The van der Waals surface area contributed by atoms with Crippen LogP contribution >= 0.6 is 0 Å². The summed E-state index contributed by atoms with van der Waals surface area (Å²) >= 11 is 0. The van der Waals surface area contributed by atoms with Gasteiger partial charge in [0.05, 0.1) is 20.3 Å². The summed E-state index contributed by atoms with van der Waals surface area (Å²) in [6, 6.07) is 27.6. The summed E-state index contributed by atoms with van der Waals surface area (Å²) in [5, 5.41) is 23.8. The Morgan fingerprint density at radius 3 is 2.00 bits per heavy atom. The summed E-state index contributed by atoms with van der Waals surface area (Å²) in [7, 11) is 1.64. The van der Waals surface area contributed by atoms with E-state index in [1.807, 2.05) is 72.8 Å². The van der Waals surface area contributed by atoms with Crippen LogP contribution in [0.3, 0.4) is 0 Å². The second-order valence-corrected chi connectivity index (χ2v) is 7.54. The molecule has 0 spiro atoms. The van der Waals surface area contributed by atoms with Crippen LogP contribution in [0.1, 0.15) is 16.7 Å². The SMILES string of the molecule is COc1ccc(C[C@@H](NCc2ccccc2)[C@H](OCc2ccccc2)[C@@H](O)CO)cc1. The monoisotopic (exact) mass is 421 g/mol. The maximum Gasteiger partial charge on any atom is 0.118 e. The molecule has 3 rings (SSSR count). The van der Waals surface area contributed by atoms with Gasteiger partial charge in [-0.05, 0) is 35.2 Å². The molecule has 0 saturated heterocycles. The van der Waals surface area contributed by atoms with E-state index in [0.717, 1.165) is 22.4 Å². The Kier molecular flexibility index (Phi) is 9.06. The number of aliphatic hydroxyl groups is 2. The maximum absolute atomic E-state index is 10.6. The highest BCUT2D eigenvalue weighted by molar-refractivity contribution is 5.28. The lowest BCUT2D eigenvalue weighted by molar-refractivity contribution is -0.0816. The average molecular weight is 422 g/mol. The molecule has 0 heterocycles. The Hall–Kier alpha value is -2.70. The molecule has 0 saturated carbocycles. The molecule has 31 heavy (non-hydrogen) atoms. The highest BCUT2D eigenvalue weighted by Gasteiger charge is 2.29. The minimum Gasteiger partial charge on any atom is -0.497 e. The minimum absolute atomic E-state index is 0.209. The lowest BCUT2D eigenvalue weighted by Crippen LogP contribution is -2.50. The molecule has 0 radical (unpaired) electrons. The van der Waals surface area contributed by atoms with Crippen molar-refractivity contribution in [3.63, 3.8) is 0 Å². The average Bonchev–Trinajstić information content (AvgIpc) is 2.84. The summed E-state index contributed by atoms with van der Waals surface area (Å²) in [6.45, 7) is 0.616. The van der Waals surface area contributed by atoms with E-state index in [1.165, 1.54) is 0 Å². The predicted molar refractivity (Wildman–Crippen MR) is 122 cm³/mol. The summed E-state index contributed by atoms with van der Waals surface area (Å²) in [5.74, 6) is 0.796. The maximum atomic E-state index is 10.6. The van der Waals surface area contributed by atoms with Crippen molar-refractivity contribution in [3.05, 3.63) is 102 Å². The van der Waals surface area contributed by atoms with Gasteiger partial charge in [-0.2, -0.15) is 0 Å². The van der Waals surface area contributed by atoms with Crippen LogP contribution in [0.2, 0.25) is 0 Å². The third kappa shape index (κ3) is 7.19. The smallest absolute Gasteiger partial charge is 0.118 e. The molecule has 0 fully saturated rings. The number of methoxy groups -OCH3 is 1. The van der Waals surface area contributed by atoms with Gasteiger partial charge in [0.1, 0.15) is 18.0 Å². The van der Waals surface area contributed by atoms with Crippen molar-refractivity contribution in [1.29, 1.82) is 0 Å². The Bertz CT molecular complexity index is 871. The molecule has 0 aliphatic carbocycles. The van der Waals surface area contributed by atoms with Gasteiger partial charge in [0, 0.05) is 12.6 Å². The number of hydrogen-bond acceptors (Lipinski definition) is 5. The highest BCUT2D eigenvalue weighted by Crippen LogP contribution is 2.18. The van der Waals surface area contributed by atoms with E-state index in [0.29, 0.717) is 19.6 Å². The first-order valence-corrected chi connectivity index (χ1v) is 10.5. The molecule has 0 unspecified atom stereocenters. The van der Waals surface area contributed by atoms with Gasteiger partial charge < -0.3 is 25.0 Å². The molecule has 0 bridgehead atoms. The molecular formula is C26H31NO4. The van der Waals surface area contributed by atoms with Crippen molar-refractivity contribution in [2.75, 3.05) is 13.7 Å². The number of hydrogen-bond donors (Lipinski definition) is 3. The van der Waals surface area contributed by atoms with Gasteiger partial charge >= 0.3 is 0 Å². The van der Waals surface area contributed by atoms with E-state index < -0.39 is 12.2 Å². The second-order valence-electron chi connectivity index (χ2n) is 7.54. The summed E-state index contributed by atoms with van der Waals surface area (Å²) in [5.41, 5.74) is 3.25. The van der Waals surface area contributed by atoms with Gasteiger partial charge in [0.25, 0.3) is 0 Å². The molecule has 3 aromatic rings. The third-order valence-electron chi connectivity index (χ3n) is 5.27. The van der Waals surface area contributed by atoms with Crippen molar-refractivity contribution in [3.8, 4) is 5.75 Å². The van der Waals surface area contributed by atoms with Gasteiger partial charge in [-0.1, -0.05) is 72.8 Å². The summed E-state index contributed by atoms with van der Waals surface area (Å²) in [6.07, 6.45) is -0.959. The number of aliphatic hydroxyl groups excluding tert-OH is 2. The van der Waals surface area contributed by atoms with Crippen LogP contribution in [0, 0.1) is 0 Å². The van der Waals surface area contributed by atoms with E-state index in [2.05, 4.69) is 17.4 Å². The highest BCUT2D eigenvalue weighted by atomic mass is 16.5. The van der Waals surface area contributed by atoms with Gasteiger partial charge in [-0.25, -0.2) is 0 Å². The normalized spacial score (nSPS) is 14.0. The van der Waals surface area contributed by atoms with E-state index in [4.69, 9.17) is 9.47 Å². The molecule has 0 aliphatic heterocycles. The fourth-order valence-corrected chi connectivity index (χ4v) is 3.53. The van der Waals surface area contributed by atoms with Gasteiger partial charge in [-0.15, -0.1) is 0 Å². The van der Waals surface area contributed by atoms with Crippen LogP contribution in [0.15, 0.2) is 84.9 Å². The van der Waals surface area contributed by atoms with Crippen LogP contribution < -0.4 is 10.1 Å². The first kappa shape index (κ1) is 23.0. The summed E-state index contributed by atoms with van der Waals surface area (Å²) < 4.78 is 11.4. The molecule has 3 atom stereocenters. The van der Waals surface area contributed by atoms with E-state index in [9.17, 15) is 10.2 Å². The number of rotatable bonds is 12. The molecule has 164 valence electrons. The lowest BCUT2D eigenvalue weighted by Gasteiger charge is -2.31. The first-order chi connectivity index (χ1) is 15.2. The third-order valence-corrected chi connectivity index (χ3v) is 5.27. The van der Waals surface area contributed by atoms with Crippen LogP contribution in [-0.4, -0.2) is 42.2 Å². The molecule has 3 aromatic carbocycles. The molecule has 0 aromatic heterocycles. The number of ether oxygens (including phenoxy) is 2. The van der Waals surface area contributed by atoms with E-state index in [1.54, 1.807) is 7.11 Å². The Morgan fingerprint density at radius 1 is 0.806 bits per heavy atom. The Labute approximate surface area is 184 Å². The standard InChI is InChI=1S/C26H31NO4/c1-30-23-14-12-20(13-15-23)16-24(27-17-21-8-4-2-5-9-21)26(25(29)18-28)31-19-22-10-6-3-7-11-22/h2-15,24-29H,16-19H2,1H3/t24-,25+,26+/m1/s1. The second kappa shape index (κ2) is 12.2. The largest absolute Gasteiger partial charge is 0.497 e. The number of benzene rings is 3. The lowest BCUT2D eigenvalue weighted by atomic mass is 9.97. The van der Waals surface area contributed by atoms with E-state index in [-0.39, 0.29) is 12.6 Å². The van der Waals surface area contributed by atoms with Crippen molar-refractivity contribution in [1.82, 2.24) is 5.32 Å². The topological polar surface area (TPSA) is 71.0 Å². The first-order valence-electron chi connectivity index (χ1n) is 10.5. The Morgan fingerprint density at radius 2 is 1.42 bits per heavy atom. The number of nitrogens with one attached hydrogen (secondary N) is 1. The predicted octanol–water partition coefficient (Wildman–Crippen LogP) is 3.33. The Balaban J connectivity index is 1.78. The molecule has 3 N–H and O–H groups in total. The molecule has 0 amide bonds. The quantitative estimate of drug-likeness (QED) is 0.418. The van der Waals surface area contributed by atoms with Crippen LogP contribution in [0.25, 0.3) is 0 Å². The van der Waals surface area contributed by atoms with Crippen molar-refractivity contribution >= 4 is 0 Å². The van der Waals surface area contributed by atoms with Crippen molar-refractivity contribution in [2.45, 2.75) is 37.8 Å². The summed E-state index contributed by atoms with van der Waals surface area (Å²) in [4.78, 5) is 0. The van der Waals surface area contributed by atoms with Crippen LogP contribution in [0.4, 0.5) is 0 Å². The van der Waals surface area contributed by atoms with Crippen molar-refractivity contribution in [2.24, 2.45) is 0 Å². The molecular weight excluding hydrogens is 390 g/mol.